The van der Waals surface area contributed by atoms with Crippen molar-refractivity contribution in [1.29, 1.82) is 0 Å². The number of halogens is 2. The van der Waals surface area contributed by atoms with E-state index in [4.69, 9.17) is 4.74 Å². The van der Waals surface area contributed by atoms with Crippen LogP contribution in [0, 0.1) is 11.6 Å². The highest BCUT2D eigenvalue weighted by Gasteiger charge is 2.16. The number of hydrogen-bond acceptors (Lipinski definition) is 6. The van der Waals surface area contributed by atoms with E-state index in [0.717, 1.165) is 23.2 Å². The molecular weight excluding hydrogens is 384 g/mol. The van der Waals surface area contributed by atoms with Gasteiger partial charge in [0.05, 0.1) is 23.3 Å². The van der Waals surface area contributed by atoms with Crippen LogP contribution in [0.3, 0.4) is 0 Å². The van der Waals surface area contributed by atoms with Gasteiger partial charge in [-0.15, -0.1) is 0 Å². The van der Waals surface area contributed by atoms with E-state index in [-0.39, 0.29) is 5.52 Å². The molecule has 3 heterocycles. The molecule has 0 amide bonds. The Morgan fingerprint density at radius 2 is 2.00 bits per heavy atom. The van der Waals surface area contributed by atoms with Gasteiger partial charge in [-0.1, -0.05) is 0 Å². The zero-order chi connectivity index (χ0) is 19.1. The van der Waals surface area contributed by atoms with E-state index in [0.29, 0.717) is 17.2 Å². The molecule has 0 saturated carbocycles. The van der Waals surface area contributed by atoms with Crippen LogP contribution in [0.25, 0.3) is 11.0 Å². The van der Waals surface area contributed by atoms with Crippen LogP contribution in [0.15, 0.2) is 72.4 Å². The van der Waals surface area contributed by atoms with E-state index < -0.39 is 11.6 Å². The lowest BCUT2D eigenvalue weighted by Crippen LogP contribution is -2.08. The van der Waals surface area contributed by atoms with E-state index in [9.17, 15) is 8.78 Å². The summed E-state index contributed by atoms with van der Waals surface area (Å²) < 4.78 is 38.0. The maximum atomic E-state index is 13.8. The Morgan fingerprint density at radius 3 is 2.86 bits per heavy atom. The molecule has 2 aliphatic rings. The second-order valence-electron chi connectivity index (χ2n) is 6.09. The maximum Gasteiger partial charge on any atom is 0.205 e. The molecule has 9 heteroatoms. The molecule has 0 unspecified atom stereocenters. The standard InChI is InChI=1S/C19H13F2N5OS/c20-11-7-16(21)18-17(8-11)24-19(25-18)23-12-1-3-14(4-2-12)27-15-5-6-26-13(9-15)10-22-28-26/h1-10,22H,(H2,23,24,25). The highest BCUT2D eigenvalue weighted by atomic mass is 32.2. The molecule has 5 rings (SSSR count). The van der Waals surface area contributed by atoms with Crippen molar-refractivity contribution in [1.82, 2.24) is 19.0 Å². The number of nitrogens with zero attached hydrogens (tertiary/aromatic N) is 2. The van der Waals surface area contributed by atoms with Gasteiger partial charge in [-0.25, -0.2) is 13.8 Å². The Morgan fingerprint density at radius 1 is 1.14 bits per heavy atom. The smallest absolute Gasteiger partial charge is 0.205 e. The summed E-state index contributed by atoms with van der Waals surface area (Å²) in [5.41, 5.74) is 2.11. The number of H-pyrrole nitrogens is 1. The van der Waals surface area contributed by atoms with Crippen molar-refractivity contribution in [3.8, 4) is 5.75 Å². The van der Waals surface area contributed by atoms with E-state index >= 15 is 0 Å². The molecule has 140 valence electrons. The quantitative estimate of drug-likeness (QED) is 0.556. The number of anilines is 2. The first-order chi connectivity index (χ1) is 13.6. The summed E-state index contributed by atoms with van der Waals surface area (Å²) >= 11 is 1.48. The summed E-state index contributed by atoms with van der Waals surface area (Å²) in [6.45, 7) is 0. The van der Waals surface area contributed by atoms with Gasteiger partial charge in [0.15, 0.2) is 5.82 Å². The van der Waals surface area contributed by atoms with Gasteiger partial charge in [-0.3, -0.25) is 4.31 Å². The first kappa shape index (κ1) is 16.7. The third-order valence-electron chi connectivity index (χ3n) is 4.13. The molecule has 0 saturated heterocycles. The van der Waals surface area contributed by atoms with Gasteiger partial charge in [0.25, 0.3) is 0 Å². The van der Waals surface area contributed by atoms with Crippen LogP contribution in [0.2, 0.25) is 0 Å². The zero-order valence-corrected chi connectivity index (χ0v) is 15.1. The van der Waals surface area contributed by atoms with Crippen LogP contribution in [0.1, 0.15) is 0 Å². The average molecular weight is 397 g/mol. The number of allylic oxidation sites excluding steroid dienone is 2. The Hall–Kier alpha value is -3.46. The van der Waals surface area contributed by atoms with Crippen molar-refractivity contribution >= 4 is 34.8 Å². The summed E-state index contributed by atoms with van der Waals surface area (Å²) in [6, 6.07) is 9.25. The van der Waals surface area contributed by atoms with Crippen molar-refractivity contribution < 1.29 is 13.5 Å². The minimum absolute atomic E-state index is 0.0859. The highest BCUT2D eigenvalue weighted by Crippen LogP contribution is 2.29. The minimum Gasteiger partial charge on any atom is -0.457 e. The second kappa shape index (κ2) is 6.61. The largest absolute Gasteiger partial charge is 0.457 e. The topological polar surface area (TPSA) is 65.2 Å². The molecule has 0 fully saturated rings. The molecule has 0 bridgehead atoms. The Balaban J connectivity index is 1.30. The molecule has 0 atom stereocenters. The molecule has 0 aliphatic carbocycles. The SMILES string of the molecule is Fc1cc(F)c2nc(Nc3ccc(OC4=CC5=CNSN5C=C4)cc3)[nH]c2c1. The fourth-order valence-corrected chi connectivity index (χ4v) is 3.48. The van der Waals surface area contributed by atoms with Gasteiger partial charge in [-0.05, 0) is 36.4 Å². The second-order valence-corrected chi connectivity index (χ2v) is 6.90. The average Bonchev–Trinajstić information content (AvgIpc) is 3.29. The molecule has 0 spiro atoms. The molecule has 28 heavy (non-hydrogen) atoms. The van der Waals surface area contributed by atoms with Gasteiger partial charge in [-0.2, -0.15) is 0 Å². The predicted molar refractivity (Wildman–Crippen MR) is 104 cm³/mol. The van der Waals surface area contributed by atoms with E-state index in [1.807, 2.05) is 53.1 Å². The molecule has 6 nitrogen and oxygen atoms in total. The first-order valence-corrected chi connectivity index (χ1v) is 9.13. The van der Waals surface area contributed by atoms with Crippen LogP contribution >= 0.6 is 12.1 Å². The number of fused-ring (bicyclic) bond motifs is 2. The van der Waals surface area contributed by atoms with Crippen LogP contribution in [0.4, 0.5) is 20.4 Å². The molecule has 2 aliphatic heterocycles. The number of hydrogen-bond donors (Lipinski definition) is 3. The maximum absolute atomic E-state index is 13.8. The third kappa shape index (κ3) is 3.16. The fourth-order valence-electron chi connectivity index (χ4n) is 2.86. The lowest BCUT2D eigenvalue weighted by Gasteiger charge is -2.17. The van der Waals surface area contributed by atoms with Gasteiger partial charge >= 0.3 is 0 Å². The van der Waals surface area contributed by atoms with Crippen LogP contribution in [-0.4, -0.2) is 14.3 Å². The summed E-state index contributed by atoms with van der Waals surface area (Å²) in [5, 5.41) is 3.03. The van der Waals surface area contributed by atoms with Crippen molar-refractivity contribution in [2.75, 3.05) is 5.32 Å². The summed E-state index contributed by atoms with van der Waals surface area (Å²) in [4.78, 5) is 6.98. The van der Waals surface area contributed by atoms with Crippen LogP contribution in [-0.2, 0) is 0 Å². The Labute approximate surface area is 162 Å². The summed E-state index contributed by atoms with van der Waals surface area (Å²) in [5.74, 6) is 0.360. The number of benzene rings is 2. The monoisotopic (exact) mass is 397 g/mol. The Kier molecular flexibility index (Phi) is 3.94. The van der Waals surface area contributed by atoms with Crippen LogP contribution in [0.5, 0.6) is 5.75 Å². The van der Waals surface area contributed by atoms with Crippen molar-refractivity contribution in [2.24, 2.45) is 0 Å². The van der Waals surface area contributed by atoms with E-state index in [1.165, 1.54) is 18.2 Å². The molecule has 1 aromatic heterocycles. The van der Waals surface area contributed by atoms with E-state index in [2.05, 4.69) is 20.0 Å². The zero-order valence-electron chi connectivity index (χ0n) is 14.2. The highest BCUT2D eigenvalue weighted by molar-refractivity contribution is 7.95. The molecule has 2 aromatic carbocycles. The summed E-state index contributed by atoms with van der Waals surface area (Å²) in [6.07, 6.45) is 7.63. The molecule has 3 N–H and O–H groups in total. The van der Waals surface area contributed by atoms with Crippen molar-refractivity contribution in [2.45, 2.75) is 0 Å². The molecule has 3 aromatic rings. The molecule has 0 radical (unpaired) electrons. The van der Waals surface area contributed by atoms with Gasteiger partial charge < -0.3 is 19.8 Å². The lowest BCUT2D eigenvalue weighted by atomic mass is 10.3. The van der Waals surface area contributed by atoms with Gasteiger partial charge in [0.1, 0.15) is 22.8 Å². The lowest BCUT2D eigenvalue weighted by molar-refractivity contribution is 0.439. The van der Waals surface area contributed by atoms with Crippen molar-refractivity contribution in [3.63, 3.8) is 0 Å². The van der Waals surface area contributed by atoms with Crippen LogP contribution < -0.4 is 14.8 Å². The first-order valence-electron chi connectivity index (χ1n) is 8.35. The van der Waals surface area contributed by atoms with E-state index in [1.54, 1.807) is 0 Å². The number of aromatic amines is 1. The number of imidazole rings is 1. The fraction of sp³-hybridized carbons (Fsp3) is 0. The number of nitrogens with one attached hydrogen (secondary N) is 3. The normalized spacial score (nSPS) is 15.1. The number of aromatic nitrogens is 2. The Bertz CT molecular complexity index is 1150. The minimum atomic E-state index is -0.707. The number of rotatable bonds is 4. The number of ether oxygens (including phenoxy) is 1. The predicted octanol–water partition coefficient (Wildman–Crippen LogP) is 4.68. The molecular formula is C19H13F2N5OS. The summed E-state index contributed by atoms with van der Waals surface area (Å²) in [7, 11) is 0. The van der Waals surface area contributed by atoms with Gasteiger partial charge in [0.2, 0.25) is 5.95 Å². The van der Waals surface area contributed by atoms with Crippen molar-refractivity contribution in [3.05, 3.63) is 84.0 Å². The third-order valence-corrected chi connectivity index (χ3v) is 4.89. The van der Waals surface area contributed by atoms with Gasteiger partial charge in [0, 0.05) is 30.2 Å².